The molecule has 2 atom stereocenters. The van der Waals surface area contributed by atoms with Gasteiger partial charge in [0, 0.05) is 0 Å². The summed E-state index contributed by atoms with van der Waals surface area (Å²) in [6, 6.07) is 0. The van der Waals surface area contributed by atoms with E-state index in [9.17, 15) is 34.8 Å². The zero-order chi connectivity index (χ0) is 14.9. The lowest BCUT2D eigenvalue weighted by Crippen LogP contribution is -2.52. The first kappa shape index (κ1) is 17.2. The fourth-order valence-electron chi connectivity index (χ4n) is 0.685. The van der Waals surface area contributed by atoms with Crippen LogP contribution in [0, 0.1) is 0 Å². The molecule has 0 aliphatic heterocycles. The summed E-state index contributed by atoms with van der Waals surface area (Å²) in [6.45, 7) is 2.27. The van der Waals surface area contributed by atoms with Crippen LogP contribution in [0.5, 0.6) is 0 Å². The molecule has 12 heteroatoms. The normalized spacial score (nSPS) is 17.3. The van der Waals surface area contributed by atoms with Crippen LogP contribution in [-0.4, -0.2) is 41.9 Å². The Morgan fingerprint density at radius 1 is 1.22 bits per heavy atom. The Balaban J connectivity index is 5.48. The first-order valence-corrected chi connectivity index (χ1v) is 5.24. The summed E-state index contributed by atoms with van der Waals surface area (Å²) in [5.74, 6) is -1.96. The Bertz CT molecular complexity index is 415. The summed E-state index contributed by atoms with van der Waals surface area (Å²) in [4.78, 5) is 0. The molecule has 0 radical (unpaired) electrons. The van der Waals surface area contributed by atoms with Crippen LogP contribution in [-0.2, 0) is 14.9 Å². The molecule has 18 heavy (non-hydrogen) atoms. The molecule has 2 N–H and O–H groups in total. The average molecular weight is 304 g/mol. The number of aliphatic hydroxyl groups is 1. The summed E-state index contributed by atoms with van der Waals surface area (Å²) in [5, 5.41) is 2.65. The monoisotopic (exact) mass is 304 g/mol. The third-order valence-electron chi connectivity index (χ3n) is 1.48. The summed E-state index contributed by atoms with van der Waals surface area (Å²) in [7, 11) is -6.50. The van der Waals surface area contributed by atoms with Gasteiger partial charge in [-0.25, -0.2) is 4.39 Å². The van der Waals surface area contributed by atoms with Crippen LogP contribution in [0.2, 0.25) is 0 Å². The zero-order valence-corrected chi connectivity index (χ0v) is 8.97. The van der Waals surface area contributed by atoms with Crippen LogP contribution in [0.25, 0.3) is 0 Å². The molecule has 0 aromatic carbocycles. The van der Waals surface area contributed by atoms with Gasteiger partial charge in [-0.2, -0.15) is 30.4 Å². The Morgan fingerprint density at radius 2 is 1.61 bits per heavy atom. The average Bonchev–Trinajstić information content (AvgIpc) is 2.09. The van der Waals surface area contributed by atoms with Gasteiger partial charge in [-0.1, -0.05) is 6.58 Å². The number of hydrogen-bond acceptors (Lipinski definition) is 4. The molecule has 0 bridgehead atoms. The van der Waals surface area contributed by atoms with Crippen LogP contribution < -0.4 is 0 Å². The second kappa shape index (κ2) is 5.03. The molecular weight excluding hydrogens is 298 g/mol. The van der Waals surface area contributed by atoms with E-state index in [1.165, 1.54) is 0 Å². The SMILES string of the molecule is C=C(F)C(O)OC(C(F)(F)F)C(F)(F)S(=O)(=O)O. The number of hydrogen-bond donors (Lipinski definition) is 2. The molecule has 0 saturated carbocycles. The molecular formula is C6H6F6O5S. The van der Waals surface area contributed by atoms with E-state index in [4.69, 9.17) is 9.66 Å². The second-order valence-corrected chi connectivity index (χ2v) is 4.39. The van der Waals surface area contributed by atoms with Crippen molar-refractivity contribution in [3.05, 3.63) is 12.4 Å². The van der Waals surface area contributed by atoms with Crippen LogP contribution in [0.3, 0.4) is 0 Å². The van der Waals surface area contributed by atoms with Crippen LogP contribution in [0.4, 0.5) is 26.3 Å². The third kappa shape index (κ3) is 3.83. The number of rotatable bonds is 5. The lowest BCUT2D eigenvalue weighted by molar-refractivity contribution is -0.296. The summed E-state index contributed by atoms with van der Waals surface area (Å²) in [5.41, 5.74) is 0. The van der Waals surface area contributed by atoms with Gasteiger partial charge in [0.1, 0.15) is 5.83 Å². The van der Waals surface area contributed by atoms with Crippen molar-refractivity contribution in [2.75, 3.05) is 0 Å². The second-order valence-electron chi connectivity index (χ2n) is 2.89. The molecule has 108 valence electrons. The molecule has 0 aliphatic carbocycles. The van der Waals surface area contributed by atoms with E-state index < -0.39 is 39.8 Å². The summed E-state index contributed by atoms with van der Waals surface area (Å²) >= 11 is 0. The Labute approximate surface area is 96.4 Å². The molecule has 0 amide bonds. The van der Waals surface area contributed by atoms with E-state index in [0.717, 1.165) is 0 Å². The van der Waals surface area contributed by atoms with Crippen molar-refractivity contribution in [2.24, 2.45) is 0 Å². The minimum Gasteiger partial charge on any atom is -0.362 e. The van der Waals surface area contributed by atoms with Gasteiger partial charge >= 0.3 is 21.5 Å². The van der Waals surface area contributed by atoms with Crippen LogP contribution >= 0.6 is 0 Å². The van der Waals surface area contributed by atoms with E-state index in [0.29, 0.717) is 0 Å². The molecule has 5 nitrogen and oxygen atoms in total. The Kier molecular flexibility index (Phi) is 4.79. The molecule has 0 aromatic heterocycles. The lowest BCUT2D eigenvalue weighted by Gasteiger charge is -2.27. The minimum atomic E-state index is -6.50. The van der Waals surface area contributed by atoms with Crippen molar-refractivity contribution < 1.29 is 49.2 Å². The van der Waals surface area contributed by atoms with Gasteiger partial charge < -0.3 is 9.84 Å². The third-order valence-corrected chi connectivity index (χ3v) is 2.38. The van der Waals surface area contributed by atoms with E-state index >= 15 is 0 Å². The van der Waals surface area contributed by atoms with E-state index in [2.05, 4.69) is 11.3 Å². The Hall–Kier alpha value is -0.850. The zero-order valence-electron chi connectivity index (χ0n) is 8.16. The van der Waals surface area contributed by atoms with Crippen molar-refractivity contribution >= 4 is 10.1 Å². The fourth-order valence-corrected chi connectivity index (χ4v) is 1.14. The maximum atomic E-state index is 12.8. The lowest BCUT2D eigenvalue weighted by atomic mass is 10.3. The summed E-state index contributed by atoms with van der Waals surface area (Å²) in [6.07, 6.45) is -13.6. The van der Waals surface area contributed by atoms with Gasteiger partial charge in [-0.05, 0) is 0 Å². The topological polar surface area (TPSA) is 83.8 Å². The van der Waals surface area contributed by atoms with Crippen molar-refractivity contribution in [1.29, 1.82) is 0 Å². The maximum absolute atomic E-state index is 12.8. The molecule has 0 fully saturated rings. The predicted molar refractivity (Wildman–Crippen MR) is 43.7 cm³/mol. The smallest absolute Gasteiger partial charge is 0.362 e. The highest BCUT2D eigenvalue weighted by atomic mass is 32.2. The van der Waals surface area contributed by atoms with Gasteiger partial charge in [-0.3, -0.25) is 4.55 Å². The largest absolute Gasteiger partial charge is 0.421 e. The van der Waals surface area contributed by atoms with Gasteiger partial charge in [0.25, 0.3) is 0 Å². The predicted octanol–water partition coefficient (Wildman–Crippen LogP) is 1.22. The number of ether oxygens (including phenoxy) is 1. The molecule has 2 unspecified atom stereocenters. The van der Waals surface area contributed by atoms with Crippen LogP contribution in [0.15, 0.2) is 12.4 Å². The van der Waals surface area contributed by atoms with E-state index in [1.54, 1.807) is 0 Å². The highest BCUT2D eigenvalue weighted by molar-refractivity contribution is 7.86. The molecule has 0 saturated heterocycles. The number of halogens is 6. The maximum Gasteiger partial charge on any atom is 0.421 e. The van der Waals surface area contributed by atoms with E-state index in [1.807, 2.05) is 0 Å². The molecule has 0 aromatic rings. The van der Waals surface area contributed by atoms with Crippen molar-refractivity contribution in [3.8, 4) is 0 Å². The van der Waals surface area contributed by atoms with E-state index in [-0.39, 0.29) is 0 Å². The molecule has 0 heterocycles. The van der Waals surface area contributed by atoms with Gasteiger partial charge in [0.05, 0.1) is 0 Å². The van der Waals surface area contributed by atoms with Gasteiger partial charge in [-0.15, -0.1) is 0 Å². The van der Waals surface area contributed by atoms with Crippen LogP contribution in [0.1, 0.15) is 0 Å². The summed E-state index contributed by atoms with van der Waals surface area (Å²) < 4.78 is 105. The first-order chi connectivity index (χ1) is 7.71. The van der Waals surface area contributed by atoms with Crippen molar-refractivity contribution in [2.45, 2.75) is 23.8 Å². The number of alkyl halides is 5. The van der Waals surface area contributed by atoms with Gasteiger partial charge in [0.15, 0.2) is 0 Å². The molecule has 0 rings (SSSR count). The highest BCUT2D eigenvalue weighted by Gasteiger charge is 2.65. The number of aliphatic hydroxyl groups excluding tert-OH is 1. The molecule has 0 aliphatic rings. The fraction of sp³-hybridized carbons (Fsp3) is 0.667. The van der Waals surface area contributed by atoms with Gasteiger partial charge in [0.2, 0.25) is 12.4 Å². The molecule has 0 spiro atoms. The minimum absolute atomic E-state index is 1.96. The van der Waals surface area contributed by atoms with Crippen molar-refractivity contribution in [1.82, 2.24) is 0 Å². The quantitative estimate of drug-likeness (QED) is 0.453. The van der Waals surface area contributed by atoms with Crippen molar-refractivity contribution in [3.63, 3.8) is 0 Å². The highest BCUT2D eigenvalue weighted by Crippen LogP contribution is 2.38. The first-order valence-electron chi connectivity index (χ1n) is 3.80. The standard InChI is InChI=1S/C6H6F6O5S/c1-2(7)3(13)17-4(5(8,9)10)6(11,12)18(14,15)16/h3-4,13H,1H2,(H,14,15,16). The Morgan fingerprint density at radius 3 is 1.83 bits per heavy atom.